The van der Waals surface area contributed by atoms with Gasteiger partial charge < -0.3 is 10.2 Å². The molecular weight excluding hydrogens is 405 g/mol. The Labute approximate surface area is 170 Å². The second-order valence-corrected chi connectivity index (χ2v) is 8.17. The van der Waals surface area contributed by atoms with E-state index in [0.717, 1.165) is 25.6 Å². The molecule has 0 aromatic heterocycles. The van der Waals surface area contributed by atoms with Crippen molar-refractivity contribution in [1.29, 1.82) is 0 Å². The zero-order chi connectivity index (χ0) is 19.4. The number of amides is 1. The number of anilines is 1. The quantitative estimate of drug-likeness (QED) is 0.786. The molecule has 0 unspecified atom stereocenters. The van der Waals surface area contributed by atoms with E-state index in [1.165, 1.54) is 19.1 Å². The number of hydrogen-bond acceptors (Lipinski definition) is 4. The summed E-state index contributed by atoms with van der Waals surface area (Å²) in [6, 6.07) is 9.94. The number of aryl methyl sites for hydroxylation is 1. The van der Waals surface area contributed by atoms with Gasteiger partial charge in [0.05, 0.1) is 4.90 Å². The van der Waals surface area contributed by atoms with Crippen LogP contribution < -0.4 is 10.0 Å². The van der Waals surface area contributed by atoms with Crippen molar-refractivity contribution < 1.29 is 17.6 Å². The Bertz CT molecular complexity index is 928. The minimum atomic E-state index is -3.83. The molecule has 9 heteroatoms. The van der Waals surface area contributed by atoms with Crippen LogP contribution in [0, 0.1) is 12.7 Å². The van der Waals surface area contributed by atoms with Gasteiger partial charge in [0.1, 0.15) is 5.82 Å². The molecule has 2 N–H and O–H groups in total. The Hall–Kier alpha value is -2.16. The van der Waals surface area contributed by atoms with E-state index in [-0.39, 0.29) is 28.8 Å². The maximum Gasteiger partial charge on any atom is 0.261 e. The lowest BCUT2D eigenvalue weighted by molar-refractivity contribution is 0.0766. The van der Waals surface area contributed by atoms with Crippen LogP contribution in [0.25, 0.3) is 0 Å². The van der Waals surface area contributed by atoms with Gasteiger partial charge in [-0.1, -0.05) is 0 Å². The Morgan fingerprint density at radius 1 is 1.11 bits per heavy atom. The summed E-state index contributed by atoms with van der Waals surface area (Å²) in [4.78, 5) is 14.3. The molecular formula is C19H23ClFN3O3S. The predicted octanol–water partition coefficient (Wildman–Crippen LogP) is 2.79. The molecule has 1 amide bonds. The first kappa shape index (κ1) is 22.1. The predicted molar refractivity (Wildman–Crippen MR) is 109 cm³/mol. The summed E-state index contributed by atoms with van der Waals surface area (Å²) < 4.78 is 40.7. The first-order valence-corrected chi connectivity index (χ1v) is 10.2. The van der Waals surface area contributed by atoms with Gasteiger partial charge in [-0.2, -0.15) is 0 Å². The van der Waals surface area contributed by atoms with Crippen molar-refractivity contribution in [1.82, 2.24) is 10.2 Å². The maximum atomic E-state index is 13.4. The van der Waals surface area contributed by atoms with Gasteiger partial charge in [0.15, 0.2) is 0 Å². The van der Waals surface area contributed by atoms with E-state index in [0.29, 0.717) is 24.3 Å². The number of hydrogen-bond donors (Lipinski definition) is 2. The van der Waals surface area contributed by atoms with E-state index in [9.17, 15) is 17.6 Å². The summed E-state index contributed by atoms with van der Waals surface area (Å²) in [5.74, 6) is -0.525. The Morgan fingerprint density at radius 3 is 2.50 bits per heavy atom. The van der Waals surface area contributed by atoms with Crippen LogP contribution in [0.1, 0.15) is 22.3 Å². The first-order chi connectivity index (χ1) is 12.9. The monoisotopic (exact) mass is 427 g/mol. The number of carbonyl (C=O) groups excluding carboxylic acids is 1. The molecule has 28 heavy (non-hydrogen) atoms. The number of benzene rings is 2. The number of carbonyl (C=O) groups is 1. The second kappa shape index (κ2) is 9.36. The highest BCUT2D eigenvalue weighted by atomic mass is 35.5. The number of rotatable bonds is 4. The third-order valence-electron chi connectivity index (χ3n) is 4.45. The van der Waals surface area contributed by atoms with Crippen molar-refractivity contribution in [2.24, 2.45) is 0 Å². The summed E-state index contributed by atoms with van der Waals surface area (Å²) in [6.45, 7) is 4.52. The summed E-state index contributed by atoms with van der Waals surface area (Å²) in [5.41, 5.74) is 1.11. The molecule has 6 nitrogen and oxygen atoms in total. The highest BCUT2D eigenvalue weighted by Crippen LogP contribution is 2.19. The van der Waals surface area contributed by atoms with Crippen LogP contribution >= 0.6 is 12.4 Å². The highest BCUT2D eigenvalue weighted by Gasteiger charge is 2.18. The van der Waals surface area contributed by atoms with Crippen molar-refractivity contribution in [3.63, 3.8) is 0 Å². The van der Waals surface area contributed by atoms with E-state index in [4.69, 9.17) is 0 Å². The van der Waals surface area contributed by atoms with Gasteiger partial charge in [-0.15, -0.1) is 12.4 Å². The molecule has 1 saturated heterocycles. The molecule has 0 aliphatic carbocycles. The average molecular weight is 428 g/mol. The van der Waals surface area contributed by atoms with E-state index in [1.54, 1.807) is 29.2 Å². The van der Waals surface area contributed by atoms with Crippen LogP contribution in [0.2, 0.25) is 0 Å². The van der Waals surface area contributed by atoms with Crippen LogP contribution in [0.4, 0.5) is 10.1 Å². The van der Waals surface area contributed by atoms with Crippen LogP contribution in [-0.4, -0.2) is 45.4 Å². The van der Waals surface area contributed by atoms with Crippen LogP contribution in [0.5, 0.6) is 0 Å². The average Bonchev–Trinajstić information content (AvgIpc) is 2.93. The standard InChI is InChI=1S/C19H22FN3O3S.ClH/c1-14-13-17(7-8-18(14)20)27(25,26)22-16-5-3-15(4-6-16)19(24)23-11-2-9-21-10-12-23;/h3-8,13,21-22H,2,9-12H2,1H3;1H. The van der Waals surface area contributed by atoms with Crippen molar-refractivity contribution in [2.45, 2.75) is 18.2 Å². The summed E-state index contributed by atoms with van der Waals surface area (Å²) in [6.07, 6.45) is 0.903. The molecule has 2 aromatic rings. The first-order valence-electron chi connectivity index (χ1n) is 8.76. The van der Waals surface area contributed by atoms with Crippen molar-refractivity contribution in [3.05, 3.63) is 59.4 Å². The maximum absolute atomic E-state index is 13.4. The lowest BCUT2D eigenvalue weighted by atomic mass is 10.2. The fraction of sp³-hybridized carbons (Fsp3) is 0.316. The van der Waals surface area contributed by atoms with Gasteiger partial charge in [-0.25, -0.2) is 12.8 Å². The third-order valence-corrected chi connectivity index (χ3v) is 5.83. The van der Waals surface area contributed by atoms with Gasteiger partial charge in [0.2, 0.25) is 0 Å². The van der Waals surface area contributed by atoms with Crippen molar-refractivity contribution in [2.75, 3.05) is 30.9 Å². The largest absolute Gasteiger partial charge is 0.337 e. The van der Waals surface area contributed by atoms with Crippen LogP contribution in [-0.2, 0) is 10.0 Å². The molecule has 0 saturated carbocycles. The second-order valence-electron chi connectivity index (χ2n) is 6.49. The van der Waals surface area contributed by atoms with E-state index >= 15 is 0 Å². The molecule has 3 rings (SSSR count). The molecule has 152 valence electrons. The SMILES string of the molecule is Cc1cc(S(=O)(=O)Nc2ccc(C(=O)N3CCCNCC3)cc2)ccc1F.Cl. The molecule has 0 bridgehead atoms. The molecule has 0 atom stereocenters. The van der Waals surface area contributed by atoms with Gasteiger partial charge in [-0.05, 0) is 67.9 Å². The molecule has 2 aromatic carbocycles. The Morgan fingerprint density at radius 2 is 1.82 bits per heavy atom. The fourth-order valence-electron chi connectivity index (χ4n) is 2.91. The minimum absolute atomic E-state index is 0. The van der Waals surface area contributed by atoms with Gasteiger partial charge >= 0.3 is 0 Å². The minimum Gasteiger partial charge on any atom is -0.337 e. The number of nitrogens with one attached hydrogen (secondary N) is 2. The molecule has 1 aliphatic heterocycles. The fourth-order valence-corrected chi connectivity index (χ4v) is 4.05. The number of sulfonamides is 1. The van der Waals surface area contributed by atoms with Crippen molar-refractivity contribution in [3.8, 4) is 0 Å². The van der Waals surface area contributed by atoms with Crippen LogP contribution in [0.15, 0.2) is 47.4 Å². The Kier molecular flexibility index (Phi) is 7.40. The number of halogens is 2. The molecule has 1 heterocycles. The van der Waals surface area contributed by atoms with Gasteiger partial charge in [-0.3, -0.25) is 9.52 Å². The highest BCUT2D eigenvalue weighted by molar-refractivity contribution is 7.92. The van der Waals surface area contributed by atoms with Gasteiger partial charge in [0, 0.05) is 30.9 Å². The van der Waals surface area contributed by atoms with E-state index in [1.807, 2.05) is 0 Å². The topological polar surface area (TPSA) is 78.5 Å². The lowest BCUT2D eigenvalue weighted by Gasteiger charge is -2.20. The summed E-state index contributed by atoms with van der Waals surface area (Å²) in [5, 5.41) is 3.25. The van der Waals surface area contributed by atoms with Crippen molar-refractivity contribution >= 4 is 34.0 Å². The lowest BCUT2D eigenvalue weighted by Crippen LogP contribution is -2.34. The summed E-state index contributed by atoms with van der Waals surface area (Å²) in [7, 11) is -3.83. The summed E-state index contributed by atoms with van der Waals surface area (Å²) >= 11 is 0. The molecule has 1 fully saturated rings. The van der Waals surface area contributed by atoms with Gasteiger partial charge in [0.25, 0.3) is 15.9 Å². The number of nitrogens with zero attached hydrogens (tertiary/aromatic N) is 1. The molecule has 0 radical (unpaired) electrons. The normalized spacial score (nSPS) is 14.7. The Balaban J connectivity index is 0.00000280. The van der Waals surface area contributed by atoms with E-state index in [2.05, 4.69) is 10.0 Å². The molecule has 0 spiro atoms. The zero-order valence-corrected chi connectivity index (χ0v) is 17.1. The third kappa shape index (κ3) is 5.21. The van der Waals surface area contributed by atoms with E-state index < -0.39 is 15.8 Å². The molecule has 1 aliphatic rings. The smallest absolute Gasteiger partial charge is 0.261 e. The zero-order valence-electron chi connectivity index (χ0n) is 15.4. The van der Waals surface area contributed by atoms with Crippen LogP contribution in [0.3, 0.4) is 0 Å².